The molecule has 3 rings (SSSR count). The summed E-state index contributed by atoms with van der Waals surface area (Å²) in [4.78, 5) is 26.6. The molecule has 1 aromatic heterocycles. The van der Waals surface area contributed by atoms with E-state index in [1.54, 1.807) is 25.1 Å². The quantitative estimate of drug-likeness (QED) is 0.627. The first kappa shape index (κ1) is 23.3. The van der Waals surface area contributed by atoms with Crippen molar-refractivity contribution >= 4 is 29.1 Å². The zero-order chi connectivity index (χ0) is 22.8. The highest BCUT2D eigenvalue weighted by atomic mass is 35.5. The average molecular weight is 446 g/mol. The van der Waals surface area contributed by atoms with Gasteiger partial charge in [0, 0.05) is 55.5 Å². The van der Waals surface area contributed by atoms with Crippen molar-refractivity contribution in [2.75, 3.05) is 19.4 Å². The Morgan fingerprint density at radius 3 is 2.45 bits per heavy atom. The smallest absolute Gasteiger partial charge is 0.227 e. The number of carbonyl (C=O) groups is 2. The number of hydrogen-bond acceptors (Lipinski definition) is 4. The fourth-order valence-corrected chi connectivity index (χ4v) is 3.95. The van der Waals surface area contributed by atoms with Crippen LogP contribution in [0.3, 0.4) is 0 Å². The molecule has 0 atom stereocenters. The second-order valence-electron chi connectivity index (χ2n) is 9.18. The Hall–Kier alpha value is -2.41. The van der Waals surface area contributed by atoms with E-state index < -0.39 is 5.41 Å². The lowest BCUT2D eigenvalue weighted by molar-refractivity contribution is -0.138. The average Bonchev–Trinajstić information content (AvgIpc) is 3.47. The highest BCUT2D eigenvalue weighted by molar-refractivity contribution is 6.31. The number of benzene rings is 1. The number of rotatable bonds is 9. The van der Waals surface area contributed by atoms with Crippen LogP contribution in [0.1, 0.15) is 62.8 Å². The van der Waals surface area contributed by atoms with E-state index in [9.17, 15) is 9.59 Å². The molecule has 0 radical (unpaired) electrons. The van der Waals surface area contributed by atoms with Gasteiger partial charge in [0.15, 0.2) is 0 Å². The molecule has 7 nitrogen and oxygen atoms in total. The van der Waals surface area contributed by atoms with E-state index >= 15 is 0 Å². The predicted molar refractivity (Wildman–Crippen MR) is 122 cm³/mol. The molecular formula is C23H32ClN5O2. The van der Waals surface area contributed by atoms with Crippen molar-refractivity contribution in [2.24, 2.45) is 5.41 Å². The first-order valence-corrected chi connectivity index (χ1v) is 11.2. The van der Waals surface area contributed by atoms with Crippen molar-refractivity contribution < 1.29 is 9.59 Å². The number of carbonyl (C=O) groups excluding carboxylic acids is 2. The standard InChI is InChI=1S/C23H32ClN5O2/c1-15-17(24)7-6-8-18(15)25-21(30)12-11-19-26-27-20(29(19)16-9-10-16)13-14-23(2,3)22(31)28(4)5/h6-8,16H,9-14H2,1-5H3,(H,25,30). The Morgan fingerprint density at radius 1 is 1.19 bits per heavy atom. The number of anilines is 1. The summed E-state index contributed by atoms with van der Waals surface area (Å²) < 4.78 is 2.19. The van der Waals surface area contributed by atoms with Crippen LogP contribution < -0.4 is 5.32 Å². The number of aromatic nitrogens is 3. The van der Waals surface area contributed by atoms with E-state index in [1.165, 1.54) is 0 Å². The summed E-state index contributed by atoms with van der Waals surface area (Å²) in [5.41, 5.74) is 1.13. The van der Waals surface area contributed by atoms with Gasteiger partial charge in [-0.15, -0.1) is 10.2 Å². The highest BCUT2D eigenvalue weighted by Crippen LogP contribution is 2.37. The predicted octanol–water partition coefficient (Wildman–Crippen LogP) is 4.19. The van der Waals surface area contributed by atoms with Gasteiger partial charge in [-0.3, -0.25) is 9.59 Å². The van der Waals surface area contributed by atoms with Crippen LogP contribution in [0.5, 0.6) is 0 Å². The van der Waals surface area contributed by atoms with Gasteiger partial charge < -0.3 is 14.8 Å². The lowest BCUT2D eigenvalue weighted by atomic mass is 9.86. The Labute approximate surface area is 189 Å². The van der Waals surface area contributed by atoms with Gasteiger partial charge in [-0.25, -0.2) is 0 Å². The Bertz CT molecular complexity index is 963. The molecule has 1 aliphatic rings. The molecule has 0 aliphatic heterocycles. The summed E-state index contributed by atoms with van der Waals surface area (Å²) >= 11 is 6.14. The maximum atomic E-state index is 12.5. The van der Waals surface area contributed by atoms with Crippen LogP contribution in [0.15, 0.2) is 18.2 Å². The van der Waals surface area contributed by atoms with Gasteiger partial charge in [0.05, 0.1) is 0 Å². The number of aryl methyl sites for hydroxylation is 2. The summed E-state index contributed by atoms with van der Waals surface area (Å²) in [5, 5.41) is 12.4. The second-order valence-corrected chi connectivity index (χ2v) is 9.58. The first-order chi connectivity index (χ1) is 14.6. The van der Waals surface area contributed by atoms with Crippen LogP contribution in [0.4, 0.5) is 5.69 Å². The maximum absolute atomic E-state index is 12.5. The van der Waals surface area contributed by atoms with Gasteiger partial charge in [-0.1, -0.05) is 31.5 Å². The molecule has 0 saturated heterocycles. The molecule has 1 heterocycles. The van der Waals surface area contributed by atoms with Crippen LogP contribution in [0, 0.1) is 12.3 Å². The first-order valence-electron chi connectivity index (χ1n) is 10.8. The largest absolute Gasteiger partial charge is 0.348 e. The third kappa shape index (κ3) is 5.64. The Balaban J connectivity index is 1.64. The third-order valence-corrected chi connectivity index (χ3v) is 6.23. The van der Waals surface area contributed by atoms with Crippen LogP contribution in [-0.2, 0) is 22.4 Å². The molecule has 1 aromatic carbocycles. The zero-order valence-corrected chi connectivity index (χ0v) is 19.8. The van der Waals surface area contributed by atoms with E-state index in [-0.39, 0.29) is 11.8 Å². The van der Waals surface area contributed by atoms with E-state index in [2.05, 4.69) is 20.1 Å². The number of amides is 2. The van der Waals surface area contributed by atoms with E-state index in [4.69, 9.17) is 11.6 Å². The fraction of sp³-hybridized carbons (Fsp3) is 0.565. The van der Waals surface area contributed by atoms with Gasteiger partial charge in [0.25, 0.3) is 0 Å². The molecule has 1 N–H and O–H groups in total. The van der Waals surface area contributed by atoms with Crippen LogP contribution in [0.25, 0.3) is 0 Å². The van der Waals surface area contributed by atoms with Gasteiger partial charge in [0.2, 0.25) is 11.8 Å². The zero-order valence-electron chi connectivity index (χ0n) is 19.0. The summed E-state index contributed by atoms with van der Waals surface area (Å²) in [6, 6.07) is 5.88. The molecule has 0 bridgehead atoms. The van der Waals surface area contributed by atoms with Crippen LogP contribution >= 0.6 is 11.6 Å². The van der Waals surface area contributed by atoms with Crippen molar-refractivity contribution in [1.29, 1.82) is 0 Å². The number of halogens is 1. The Kier molecular flexibility index (Phi) is 7.04. The minimum atomic E-state index is -0.460. The van der Waals surface area contributed by atoms with Crippen LogP contribution in [0.2, 0.25) is 5.02 Å². The van der Waals surface area contributed by atoms with Crippen molar-refractivity contribution in [3.05, 3.63) is 40.4 Å². The van der Waals surface area contributed by atoms with Crippen molar-refractivity contribution in [2.45, 2.75) is 65.3 Å². The minimum Gasteiger partial charge on any atom is -0.348 e. The number of nitrogens with zero attached hydrogens (tertiary/aromatic N) is 4. The summed E-state index contributed by atoms with van der Waals surface area (Å²) in [6.45, 7) is 5.82. The third-order valence-electron chi connectivity index (χ3n) is 5.83. The SMILES string of the molecule is Cc1c(Cl)cccc1NC(=O)CCc1nnc(CCC(C)(C)C(=O)N(C)C)n1C1CC1. The summed E-state index contributed by atoms with van der Waals surface area (Å²) in [7, 11) is 3.57. The van der Waals surface area contributed by atoms with Gasteiger partial charge >= 0.3 is 0 Å². The van der Waals surface area contributed by atoms with Gasteiger partial charge in [-0.05, 0) is 43.9 Å². The highest BCUT2D eigenvalue weighted by Gasteiger charge is 2.32. The van der Waals surface area contributed by atoms with Crippen molar-refractivity contribution in [3.8, 4) is 0 Å². The molecule has 2 amide bonds. The molecule has 1 aliphatic carbocycles. The van der Waals surface area contributed by atoms with E-state index in [0.717, 1.165) is 35.7 Å². The molecule has 1 saturated carbocycles. The molecule has 0 spiro atoms. The maximum Gasteiger partial charge on any atom is 0.227 e. The molecule has 31 heavy (non-hydrogen) atoms. The van der Waals surface area contributed by atoms with Crippen molar-refractivity contribution in [3.63, 3.8) is 0 Å². The summed E-state index contributed by atoms with van der Waals surface area (Å²) in [5.74, 6) is 1.78. The number of hydrogen-bond donors (Lipinski definition) is 1. The van der Waals surface area contributed by atoms with Gasteiger partial charge in [-0.2, -0.15) is 0 Å². The van der Waals surface area contributed by atoms with E-state index in [1.807, 2.05) is 32.9 Å². The molecule has 2 aromatic rings. The molecule has 1 fully saturated rings. The second kappa shape index (κ2) is 9.39. The lowest BCUT2D eigenvalue weighted by Gasteiger charge is -2.26. The summed E-state index contributed by atoms with van der Waals surface area (Å²) in [6.07, 6.45) is 4.43. The fourth-order valence-electron chi connectivity index (χ4n) is 3.77. The topological polar surface area (TPSA) is 80.1 Å². The normalized spacial score (nSPS) is 13.9. The number of nitrogens with one attached hydrogen (secondary N) is 1. The monoisotopic (exact) mass is 445 g/mol. The van der Waals surface area contributed by atoms with E-state index in [0.29, 0.717) is 36.7 Å². The molecule has 168 valence electrons. The minimum absolute atomic E-state index is 0.0741. The lowest BCUT2D eigenvalue weighted by Crippen LogP contribution is -2.36. The van der Waals surface area contributed by atoms with Crippen molar-refractivity contribution in [1.82, 2.24) is 19.7 Å². The molecular weight excluding hydrogens is 414 g/mol. The molecule has 0 unspecified atom stereocenters. The molecule has 8 heteroatoms. The van der Waals surface area contributed by atoms with Crippen LogP contribution in [-0.4, -0.2) is 45.6 Å². The Morgan fingerprint density at radius 2 is 1.84 bits per heavy atom. The van der Waals surface area contributed by atoms with Gasteiger partial charge in [0.1, 0.15) is 11.6 Å².